The van der Waals surface area contributed by atoms with Crippen LogP contribution in [0, 0.1) is 0 Å². The minimum absolute atomic E-state index is 0.457. The van der Waals surface area contributed by atoms with E-state index >= 15 is 0 Å². The third-order valence-electron chi connectivity index (χ3n) is 3.96. The molecule has 0 saturated carbocycles. The third kappa shape index (κ3) is 3.93. The fraction of sp³-hybridized carbons (Fsp3) is 0.412. The molecule has 0 aliphatic heterocycles. The number of aromatic nitrogens is 4. The van der Waals surface area contributed by atoms with Gasteiger partial charge in [-0.15, -0.1) is 5.10 Å². The zero-order chi connectivity index (χ0) is 18.4. The number of aryl methyl sites for hydroxylation is 2. The van der Waals surface area contributed by atoms with E-state index in [1.54, 1.807) is 19.4 Å². The van der Waals surface area contributed by atoms with Crippen LogP contribution in [0.5, 0.6) is 0 Å². The van der Waals surface area contributed by atoms with Crippen LogP contribution >= 0.6 is 0 Å². The van der Waals surface area contributed by atoms with Gasteiger partial charge in [0.25, 0.3) is 0 Å². The lowest BCUT2D eigenvalue weighted by molar-refractivity contribution is 0.380. The average Bonchev–Trinajstić information content (AvgIpc) is 3.41. The number of guanidine groups is 1. The van der Waals surface area contributed by atoms with Crippen molar-refractivity contribution < 1.29 is 8.94 Å². The molecule has 9 nitrogen and oxygen atoms in total. The highest BCUT2D eigenvalue weighted by molar-refractivity contribution is 5.79. The first-order valence-electron chi connectivity index (χ1n) is 8.61. The van der Waals surface area contributed by atoms with Crippen molar-refractivity contribution in [1.29, 1.82) is 0 Å². The first kappa shape index (κ1) is 17.7. The number of rotatable bonds is 7. The molecule has 0 atom stereocenters. The molecule has 0 amide bonds. The Morgan fingerprint density at radius 1 is 1.23 bits per heavy atom. The summed E-state index contributed by atoms with van der Waals surface area (Å²) < 4.78 is 10.7. The van der Waals surface area contributed by atoms with Gasteiger partial charge in [0.15, 0.2) is 11.7 Å². The van der Waals surface area contributed by atoms with Crippen LogP contribution in [-0.2, 0) is 25.9 Å². The Morgan fingerprint density at radius 2 is 2.08 bits per heavy atom. The second-order valence-corrected chi connectivity index (χ2v) is 5.60. The van der Waals surface area contributed by atoms with E-state index in [0.29, 0.717) is 36.5 Å². The Morgan fingerprint density at radius 3 is 2.77 bits per heavy atom. The number of aromatic amines is 1. The van der Waals surface area contributed by atoms with Gasteiger partial charge in [0.2, 0.25) is 5.82 Å². The molecule has 0 saturated heterocycles. The van der Waals surface area contributed by atoms with Crippen molar-refractivity contribution in [3.63, 3.8) is 0 Å². The summed E-state index contributed by atoms with van der Waals surface area (Å²) in [6.45, 7) is 5.17. The lowest BCUT2D eigenvalue weighted by atomic mass is 10.1. The van der Waals surface area contributed by atoms with Gasteiger partial charge in [-0.1, -0.05) is 19.0 Å². The molecule has 138 valence electrons. The minimum Gasteiger partial charge on any atom is -0.461 e. The van der Waals surface area contributed by atoms with Crippen molar-refractivity contribution in [3.05, 3.63) is 41.2 Å². The Kier molecular flexibility index (Phi) is 5.67. The van der Waals surface area contributed by atoms with Gasteiger partial charge in [0.05, 0.1) is 18.5 Å². The first-order chi connectivity index (χ1) is 12.7. The molecule has 0 radical (unpaired) electrons. The van der Waals surface area contributed by atoms with Crippen LogP contribution in [0.15, 0.2) is 32.3 Å². The number of hydrogen-bond acceptors (Lipinski definition) is 6. The topological polar surface area (TPSA) is 117 Å². The van der Waals surface area contributed by atoms with Gasteiger partial charge in [-0.2, -0.15) is 0 Å². The highest BCUT2D eigenvalue weighted by Crippen LogP contribution is 2.16. The van der Waals surface area contributed by atoms with Crippen molar-refractivity contribution >= 4 is 5.96 Å². The highest BCUT2D eigenvalue weighted by Gasteiger charge is 2.14. The van der Waals surface area contributed by atoms with E-state index < -0.39 is 0 Å². The number of furan rings is 1. The smallest absolute Gasteiger partial charge is 0.216 e. The monoisotopic (exact) mass is 357 g/mol. The van der Waals surface area contributed by atoms with Crippen LogP contribution in [-0.4, -0.2) is 33.3 Å². The van der Waals surface area contributed by atoms with Crippen molar-refractivity contribution in [2.45, 2.75) is 39.8 Å². The normalized spacial score (nSPS) is 11.7. The highest BCUT2D eigenvalue weighted by atomic mass is 16.5. The molecule has 0 aliphatic rings. The molecule has 3 aromatic heterocycles. The van der Waals surface area contributed by atoms with Crippen LogP contribution in [0.3, 0.4) is 0 Å². The van der Waals surface area contributed by atoms with E-state index in [9.17, 15) is 0 Å². The van der Waals surface area contributed by atoms with Gasteiger partial charge in [-0.25, -0.2) is 4.98 Å². The van der Waals surface area contributed by atoms with Gasteiger partial charge in [0.1, 0.15) is 11.6 Å². The fourth-order valence-corrected chi connectivity index (χ4v) is 2.59. The van der Waals surface area contributed by atoms with E-state index in [0.717, 1.165) is 29.9 Å². The summed E-state index contributed by atoms with van der Waals surface area (Å²) in [5.74, 6) is 3.41. The van der Waals surface area contributed by atoms with Gasteiger partial charge >= 0.3 is 0 Å². The molecule has 0 unspecified atom stereocenters. The lowest BCUT2D eigenvalue weighted by Gasteiger charge is -2.11. The minimum atomic E-state index is 0.457. The Hall–Kier alpha value is -3.10. The zero-order valence-corrected chi connectivity index (χ0v) is 15.2. The van der Waals surface area contributed by atoms with E-state index in [-0.39, 0.29) is 0 Å². The van der Waals surface area contributed by atoms with E-state index in [1.807, 2.05) is 6.07 Å². The summed E-state index contributed by atoms with van der Waals surface area (Å²) in [5, 5.41) is 17.6. The van der Waals surface area contributed by atoms with Gasteiger partial charge < -0.3 is 19.6 Å². The molecular weight excluding hydrogens is 334 g/mol. The van der Waals surface area contributed by atoms with Crippen LogP contribution in [0.25, 0.3) is 11.6 Å². The summed E-state index contributed by atoms with van der Waals surface area (Å²) in [6, 6.07) is 3.62. The van der Waals surface area contributed by atoms with Crippen LogP contribution in [0.1, 0.15) is 36.7 Å². The number of H-pyrrole nitrogens is 1. The molecule has 0 fully saturated rings. The average molecular weight is 357 g/mol. The maximum absolute atomic E-state index is 5.39. The van der Waals surface area contributed by atoms with Gasteiger partial charge in [-0.05, 0) is 18.6 Å². The largest absolute Gasteiger partial charge is 0.461 e. The third-order valence-corrected chi connectivity index (χ3v) is 3.96. The molecule has 0 aromatic carbocycles. The quantitative estimate of drug-likeness (QED) is 0.437. The maximum atomic E-state index is 5.39. The van der Waals surface area contributed by atoms with E-state index in [1.165, 1.54) is 0 Å². The van der Waals surface area contributed by atoms with Crippen molar-refractivity contribution in [3.8, 4) is 11.6 Å². The number of hydrogen-bond donors (Lipinski definition) is 3. The predicted molar refractivity (Wildman–Crippen MR) is 96.4 cm³/mol. The molecule has 0 spiro atoms. The van der Waals surface area contributed by atoms with Crippen molar-refractivity contribution in [2.24, 2.45) is 4.99 Å². The summed E-state index contributed by atoms with van der Waals surface area (Å²) >= 11 is 0. The standard InChI is InChI=1S/C17H23N7O2/c1-4-12-11(13(5-2)26-24-12)9-19-17(18-3)20-10-15-21-16(23-22-15)14-7-6-8-25-14/h6-8H,4-5,9-10H2,1-3H3,(H2,18,19,20)(H,21,22,23). The van der Waals surface area contributed by atoms with Crippen LogP contribution in [0.2, 0.25) is 0 Å². The molecular formula is C17H23N7O2. The molecule has 0 bridgehead atoms. The molecule has 3 aromatic rings. The summed E-state index contributed by atoms with van der Waals surface area (Å²) in [6.07, 6.45) is 3.24. The first-order valence-corrected chi connectivity index (χ1v) is 8.61. The van der Waals surface area contributed by atoms with Crippen LogP contribution in [0.4, 0.5) is 0 Å². The molecule has 0 aliphatic carbocycles. The SMILES string of the molecule is CCc1noc(CC)c1CNC(=NC)NCc1nc(-c2ccco2)n[nH]1. The summed E-state index contributed by atoms with van der Waals surface area (Å²) in [7, 11) is 1.72. The molecule has 3 rings (SSSR count). The molecule has 9 heteroatoms. The van der Waals surface area contributed by atoms with Gasteiger partial charge in [-0.3, -0.25) is 10.1 Å². The number of nitrogens with one attached hydrogen (secondary N) is 3. The fourth-order valence-electron chi connectivity index (χ4n) is 2.59. The number of nitrogens with zero attached hydrogens (tertiary/aromatic N) is 4. The Bertz CT molecular complexity index is 827. The van der Waals surface area contributed by atoms with Crippen molar-refractivity contribution in [2.75, 3.05) is 7.05 Å². The maximum Gasteiger partial charge on any atom is 0.216 e. The Balaban J connectivity index is 1.56. The van der Waals surface area contributed by atoms with Crippen LogP contribution < -0.4 is 10.6 Å². The van der Waals surface area contributed by atoms with Crippen molar-refractivity contribution in [1.82, 2.24) is 31.0 Å². The van der Waals surface area contributed by atoms with E-state index in [4.69, 9.17) is 8.94 Å². The molecule has 3 heterocycles. The van der Waals surface area contributed by atoms with E-state index in [2.05, 4.69) is 49.8 Å². The number of aliphatic imine (C=N–C) groups is 1. The lowest BCUT2D eigenvalue weighted by Crippen LogP contribution is -2.36. The zero-order valence-electron chi connectivity index (χ0n) is 15.2. The predicted octanol–water partition coefficient (Wildman–Crippen LogP) is 2.04. The second-order valence-electron chi connectivity index (χ2n) is 5.60. The second kappa shape index (κ2) is 8.32. The summed E-state index contributed by atoms with van der Waals surface area (Å²) in [4.78, 5) is 8.63. The molecule has 3 N–H and O–H groups in total. The molecule has 26 heavy (non-hydrogen) atoms. The van der Waals surface area contributed by atoms with Gasteiger partial charge in [0, 0.05) is 25.6 Å². The summed E-state index contributed by atoms with van der Waals surface area (Å²) in [5.41, 5.74) is 2.07. The Labute approximate surface area is 151 Å².